The van der Waals surface area contributed by atoms with Crippen molar-refractivity contribution in [2.45, 2.75) is 45.3 Å². The van der Waals surface area contributed by atoms with Crippen molar-refractivity contribution in [1.29, 1.82) is 0 Å². The lowest BCUT2D eigenvalue weighted by atomic mass is 10.1. The maximum absolute atomic E-state index is 3.74. The van der Waals surface area contributed by atoms with Gasteiger partial charge in [0.25, 0.3) is 0 Å². The first-order valence-corrected chi connectivity index (χ1v) is 7.39. The predicted molar refractivity (Wildman–Crippen MR) is 75.4 cm³/mol. The van der Waals surface area contributed by atoms with Gasteiger partial charge in [0.1, 0.15) is 0 Å². The number of hydrogen-bond donors (Lipinski definition) is 1. The van der Waals surface area contributed by atoms with Crippen LogP contribution in [0.15, 0.2) is 24.3 Å². The molecule has 1 aromatic rings. The molecule has 18 heavy (non-hydrogen) atoms. The van der Waals surface area contributed by atoms with E-state index in [-0.39, 0.29) is 0 Å². The van der Waals surface area contributed by atoms with Crippen LogP contribution in [0.4, 0.5) is 0 Å². The molecule has 1 aromatic carbocycles. The van der Waals surface area contributed by atoms with Gasteiger partial charge in [-0.05, 0) is 42.9 Å². The highest BCUT2D eigenvalue weighted by molar-refractivity contribution is 5.30. The van der Waals surface area contributed by atoms with Crippen molar-refractivity contribution in [3.8, 4) is 0 Å². The molecule has 0 amide bonds. The third-order valence-electron chi connectivity index (χ3n) is 4.21. The van der Waals surface area contributed by atoms with Gasteiger partial charge in [-0.25, -0.2) is 0 Å². The summed E-state index contributed by atoms with van der Waals surface area (Å²) < 4.78 is 0. The normalized spacial score (nSPS) is 20.9. The van der Waals surface area contributed by atoms with E-state index in [2.05, 4.69) is 41.4 Å². The van der Waals surface area contributed by atoms with Crippen LogP contribution < -0.4 is 5.32 Å². The Morgan fingerprint density at radius 3 is 2.44 bits per heavy atom. The molecule has 0 saturated heterocycles. The summed E-state index contributed by atoms with van der Waals surface area (Å²) in [5.74, 6) is 0.945. The Kier molecular flexibility index (Phi) is 3.67. The Bertz CT molecular complexity index is 373. The molecule has 1 aliphatic heterocycles. The van der Waals surface area contributed by atoms with E-state index in [0.717, 1.165) is 25.0 Å². The summed E-state index contributed by atoms with van der Waals surface area (Å²) in [5.41, 5.74) is 3.06. The van der Waals surface area contributed by atoms with E-state index in [4.69, 9.17) is 0 Å². The zero-order valence-corrected chi connectivity index (χ0v) is 11.4. The van der Waals surface area contributed by atoms with Gasteiger partial charge in [0.2, 0.25) is 0 Å². The van der Waals surface area contributed by atoms with Crippen LogP contribution in [-0.2, 0) is 13.1 Å². The molecule has 1 atom stereocenters. The van der Waals surface area contributed by atoms with Crippen LogP contribution in [-0.4, -0.2) is 24.0 Å². The van der Waals surface area contributed by atoms with Crippen LogP contribution in [0.3, 0.4) is 0 Å². The fourth-order valence-corrected chi connectivity index (χ4v) is 3.02. The molecule has 2 aliphatic rings. The second kappa shape index (κ2) is 5.41. The summed E-state index contributed by atoms with van der Waals surface area (Å²) in [6.45, 7) is 6.93. The van der Waals surface area contributed by atoms with Crippen LogP contribution in [0.25, 0.3) is 0 Å². The van der Waals surface area contributed by atoms with Crippen LogP contribution in [0, 0.1) is 5.92 Å². The lowest BCUT2D eigenvalue weighted by molar-refractivity contribution is 0.236. The zero-order chi connectivity index (χ0) is 12.4. The largest absolute Gasteiger partial charge is 0.312 e. The summed E-state index contributed by atoms with van der Waals surface area (Å²) in [4.78, 5) is 2.61. The zero-order valence-electron chi connectivity index (χ0n) is 11.4. The molecule has 1 fully saturated rings. The quantitative estimate of drug-likeness (QED) is 0.828. The SMILES string of the molecule is CCCNC(CN1Cc2ccccc2C1)C1CC1. The van der Waals surface area contributed by atoms with Gasteiger partial charge >= 0.3 is 0 Å². The summed E-state index contributed by atoms with van der Waals surface area (Å²) >= 11 is 0. The first-order valence-electron chi connectivity index (χ1n) is 7.39. The molecule has 1 heterocycles. The maximum Gasteiger partial charge on any atom is 0.0241 e. The fourth-order valence-electron chi connectivity index (χ4n) is 3.02. The third-order valence-corrected chi connectivity index (χ3v) is 4.21. The lowest BCUT2D eigenvalue weighted by Crippen LogP contribution is -2.41. The third kappa shape index (κ3) is 2.76. The Morgan fingerprint density at radius 2 is 1.89 bits per heavy atom. The van der Waals surface area contributed by atoms with Crippen LogP contribution in [0.2, 0.25) is 0 Å². The van der Waals surface area contributed by atoms with E-state index in [1.807, 2.05) is 0 Å². The molecule has 1 unspecified atom stereocenters. The molecular weight excluding hydrogens is 220 g/mol. The van der Waals surface area contributed by atoms with Gasteiger partial charge in [0.15, 0.2) is 0 Å². The predicted octanol–water partition coefficient (Wildman–Crippen LogP) is 2.78. The standard InChI is InChI=1S/C16H24N2/c1-2-9-17-16(13-7-8-13)12-18-10-14-5-3-4-6-15(14)11-18/h3-6,13,16-17H,2,7-12H2,1H3. The van der Waals surface area contributed by atoms with Crippen molar-refractivity contribution in [3.63, 3.8) is 0 Å². The molecule has 0 aromatic heterocycles. The molecule has 1 aliphatic carbocycles. The van der Waals surface area contributed by atoms with Gasteiger partial charge in [0, 0.05) is 25.7 Å². The van der Waals surface area contributed by atoms with Crippen molar-refractivity contribution < 1.29 is 0 Å². The molecule has 3 rings (SSSR count). The molecule has 2 heteroatoms. The molecule has 98 valence electrons. The van der Waals surface area contributed by atoms with E-state index in [9.17, 15) is 0 Å². The highest BCUT2D eigenvalue weighted by Crippen LogP contribution is 2.34. The Hall–Kier alpha value is -0.860. The van der Waals surface area contributed by atoms with Crippen molar-refractivity contribution in [3.05, 3.63) is 35.4 Å². The summed E-state index contributed by atoms with van der Waals surface area (Å²) in [5, 5.41) is 3.74. The maximum atomic E-state index is 3.74. The molecule has 2 nitrogen and oxygen atoms in total. The number of benzene rings is 1. The Morgan fingerprint density at radius 1 is 1.22 bits per heavy atom. The van der Waals surface area contributed by atoms with Crippen LogP contribution in [0.5, 0.6) is 0 Å². The topological polar surface area (TPSA) is 15.3 Å². The number of hydrogen-bond acceptors (Lipinski definition) is 2. The number of rotatable bonds is 6. The van der Waals surface area contributed by atoms with Gasteiger partial charge in [-0.15, -0.1) is 0 Å². The van der Waals surface area contributed by atoms with Crippen molar-refractivity contribution in [1.82, 2.24) is 10.2 Å². The minimum absolute atomic E-state index is 0.722. The Labute approximate surface area is 110 Å². The molecule has 0 bridgehead atoms. The molecule has 1 N–H and O–H groups in total. The highest BCUT2D eigenvalue weighted by Gasteiger charge is 2.32. The Balaban J connectivity index is 1.57. The molecule has 0 spiro atoms. The van der Waals surface area contributed by atoms with E-state index < -0.39 is 0 Å². The van der Waals surface area contributed by atoms with E-state index in [1.165, 1.54) is 43.5 Å². The number of nitrogens with one attached hydrogen (secondary N) is 1. The van der Waals surface area contributed by atoms with Crippen molar-refractivity contribution >= 4 is 0 Å². The van der Waals surface area contributed by atoms with Gasteiger partial charge in [-0.1, -0.05) is 31.2 Å². The molecular formula is C16H24N2. The van der Waals surface area contributed by atoms with Gasteiger partial charge in [0.05, 0.1) is 0 Å². The summed E-state index contributed by atoms with van der Waals surface area (Å²) in [6, 6.07) is 9.60. The van der Waals surface area contributed by atoms with Crippen LogP contribution >= 0.6 is 0 Å². The monoisotopic (exact) mass is 244 g/mol. The smallest absolute Gasteiger partial charge is 0.0241 e. The summed E-state index contributed by atoms with van der Waals surface area (Å²) in [7, 11) is 0. The minimum Gasteiger partial charge on any atom is -0.312 e. The molecule has 0 radical (unpaired) electrons. The van der Waals surface area contributed by atoms with Crippen molar-refractivity contribution in [2.24, 2.45) is 5.92 Å². The molecule has 1 saturated carbocycles. The lowest BCUT2D eigenvalue weighted by Gasteiger charge is -2.24. The van der Waals surface area contributed by atoms with E-state index in [0.29, 0.717) is 0 Å². The fraction of sp³-hybridized carbons (Fsp3) is 0.625. The first kappa shape index (κ1) is 12.2. The summed E-state index contributed by atoms with van der Waals surface area (Å²) in [6.07, 6.45) is 4.10. The average Bonchev–Trinajstić information content (AvgIpc) is 3.14. The number of fused-ring (bicyclic) bond motifs is 1. The average molecular weight is 244 g/mol. The van der Waals surface area contributed by atoms with Crippen LogP contribution in [0.1, 0.15) is 37.3 Å². The second-order valence-electron chi connectivity index (χ2n) is 5.84. The van der Waals surface area contributed by atoms with Crippen molar-refractivity contribution in [2.75, 3.05) is 13.1 Å². The highest BCUT2D eigenvalue weighted by atomic mass is 15.2. The minimum atomic E-state index is 0.722. The van der Waals surface area contributed by atoms with E-state index >= 15 is 0 Å². The van der Waals surface area contributed by atoms with E-state index in [1.54, 1.807) is 0 Å². The first-order chi connectivity index (χ1) is 8.86. The number of nitrogens with zero attached hydrogens (tertiary/aromatic N) is 1. The second-order valence-corrected chi connectivity index (χ2v) is 5.84. The van der Waals surface area contributed by atoms with Gasteiger partial charge in [-0.2, -0.15) is 0 Å². The van der Waals surface area contributed by atoms with Gasteiger partial charge in [-0.3, -0.25) is 4.90 Å². The van der Waals surface area contributed by atoms with Gasteiger partial charge < -0.3 is 5.32 Å².